The minimum Gasteiger partial charge on any atom is -0.504 e. The van der Waals surface area contributed by atoms with Gasteiger partial charge in [0.15, 0.2) is 23.0 Å². The van der Waals surface area contributed by atoms with Crippen LogP contribution in [0, 0.1) is 0 Å². The third-order valence-electron chi connectivity index (χ3n) is 5.16. The first-order valence-corrected chi connectivity index (χ1v) is 9.64. The van der Waals surface area contributed by atoms with Crippen molar-refractivity contribution in [3.63, 3.8) is 0 Å². The number of hydrogen-bond acceptors (Lipinski definition) is 4. The third kappa shape index (κ3) is 6.37. The molecule has 1 aliphatic carbocycles. The molecule has 4 rings (SSSR count). The predicted octanol–water partition coefficient (Wildman–Crippen LogP) is 5.91. The second-order valence-electron chi connectivity index (χ2n) is 7.15. The van der Waals surface area contributed by atoms with Crippen LogP contribution in [0.5, 0.6) is 23.0 Å². The number of phenols is 4. The molecule has 3 aromatic carbocycles. The van der Waals surface area contributed by atoms with Crippen molar-refractivity contribution in [2.24, 2.45) is 0 Å². The molecule has 0 radical (unpaired) electrons. The minimum absolute atomic E-state index is 0. The summed E-state index contributed by atoms with van der Waals surface area (Å²) in [5.41, 5.74) is 3.07. The predicted molar refractivity (Wildman–Crippen MR) is 111 cm³/mol. The molecule has 0 amide bonds. The van der Waals surface area contributed by atoms with E-state index < -0.39 is 0 Å². The van der Waals surface area contributed by atoms with Gasteiger partial charge in [-0.1, -0.05) is 61.7 Å². The molecule has 0 heterocycles. The fourth-order valence-corrected chi connectivity index (χ4v) is 3.56. The van der Waals surface area contributed by atoms with Crippen molar-refractivity contribution in [1.82, 2.24) is 0 Å². The first kappa shape index (κ1) is 23.0. The molecule has 1 aliphatic rings. The molecular formula is C24H26O4Zr. The molecule has 1 saturated carbocycles. The molecule has 4 N–H and O–H groups in total. The molecule has 0 saturated heterocycles. The van der Waals surface area contributed by atoms with Crippen LogP contribution in [0.2, 0.25) is 0 Å². The molecule has 29 heavy (non-hydrogen) atoms. The van der Waals surface area contributed by atoms with Crippen LogP contribution in [0.25, 0.3) is 11.1 Å². The Morgan fingerprint density at radius 2 is 1.14 bits per heavy atom. The van der Waals surface area contributed by atoms with Crippen molar-refractivity contribution in [2.45, 2.75) is 38.0 Å². The van der Waals surface area contributed by atoms with Crippen molar-refractivity contribution in [1.29, 1.82) is 0 Å². The van der Waals surface area contributed by atoms with Gasteiger partial charge < -0.3 is 20.4 Å². The van der Waals surface area contributed by atoms with Gasteiger partial charge in [0, 0.05) is 26.2 Å². The topological polar surface area (TPSA) is 80.9 Å². The first-order valence-electron chi connectivity index (χ1n) is 9.64. The van der Waals surface area contributed by atoms with Crippen molar-refractivity contribution in [3.8, 4) is 34.1 Å². The maximum absolute atomic E-state index is 9.38. The standard InChI is InChI=1S/C12H16O2.C12H10O2.Zr/c2*13-11-7-6-10(8-12(11)14)9-4-2-1-3-5-9;/h6-9,13-14H,1-5H2;1-8,13-14H;. The Labute approximate surface area is 190 Å². The second-order valence-corrected chi connectivity index (χ2v) is 7.15. The molecular weight excluding hydrogens is 443 g/mol. The molecule has 150 valence electrons. The minimum atomic E-state index is -0.0929. The van der Waals surface area contributed by atoms with Crippen molar-refractivity contribution >= 4 is 0 Å². The summed E-state index contributed by atoms with van der Waals surface area (Å²) >= 11 is 0. The number of rotatable bonds is 2. The summed E-state index contributed by atoms with van der Waals surface area (Å²) < 4.78 is 0. The summed E-state index contributed by atoms with van der Waals surface area (Å²) in [6.45, 7) is 0. The monoisotopic (exact) mass is 468 g/mol. The Balaban J connectivity index is 0.000000200. The summed E-state index contributed by atoms with van der Waals surface area (Å²) in [5, 5.41) is 37.0. The maximum Gasteiger partial charge on any atom is 0.158 e. The summed E-state index contributed by atoms with van der Waals surface area (Å²) in [7, 11) is 0. The van der Waals surface area contributed by atoms with Gasteiger partial charge in [0.1, 0.15) is 0 Å². The van der Waals surface area contributed by atoms with Gasteiger partial charge in [-0.15, -0.1) is 0 Å². The zero-order valence-electron chi connectivity index (χ0n) is 16.3. The summed E-state index contributed by atoms with van der Waals surface area (Å²) in [4.78, 5) is 0. The average molecular weight is 470 g/mol. The Kier molecular flexibility index (Phi) is 8.78. The molecule has 4 nitrogen and oxygen atoms in total. The van der Waals surface area contributed by atoms with Crippen LogP contribution in [-0.4, -0.2) is 20.4 Å². The van der Waals surface area contributed by atoms with E-state index in [0.29, 0.717) is 5.92 Å². The van der Waals surface area contributed by atoms with Gasteiger partial charge in [0.25, 0.3) is 0 Å². The molecule has 1 fully saturated rings. The van der Waals surface area contributed by atoms with Crippen LogP contribution in [0.1, 0.15) is 43.6 Å². The van der Waals surface area contributed by atoms with Gasteiger partial charge in [0.05, 0.1) is 0 Å². The molecule has 0 aromatic heterocycles. The molecule has 0 aliphatic heterocycles. The fourth-order valence-electron chi connectivity index (χ4n) is 3.56. The van der Waals surface area contributed by atoms with Crippen LogP contribution >= 0.6 is 0 Å². The van der Waals surface area contributed by atoms with E-state index in [2.05, 4.69) is 0 Å². The zero-order valence-corrected chi connectivity index (χ0v) is 18.7. The molecule has 0 bridgehead atoms. The number of aromatic hydroxyl groups is 4. The Morgan fingerprint density at radius 1 is 0.552 bits per heavy atom. The van der Waals surface area contributed by atoms with E-state index in [0.717, 1.165) is 11.1 Å². The number of hydrogen-bond donors (Lipinski definition) is 4. The Bertz CT molecular complexity index is 906. The average Bonchev–Trinajstić information content (AvgIpc) is 2.74. The fraction of sp³-hybridized carbons (Fsp3) is 0.250. The van der Waals surface area contributed by atoms with E-state index in [1.807, 2.05) is 36.4 Å². The van der Waals surface area contributed by atoms with E-state index in [-0.39, 0.29) is 49.2 Å². The van der Waals surface area contributed by atoms with Gasteiger partial charge in [-0.2, -0.15) is 0 Å². The van der Waals surface area contributed by atoms with Crippen molar-refractivity contribution in [3.05, 3.63) is 72.3 Å². The first-order chi connectivity index (χ1) is 13.5. The molecule has 3 aromatic rings. The van der Waals surface area contributed by atoms with Crippen LogP contribution in [-0.2, 0) is 26.2 Å². The van der Waals surface area contributed by atoms with Gasteiger partial charge in [-0.25, -0.2) is 0 Å². The summed E-state index contributed by atoms with van der Waals surface area (Å²) in [6, 6.07) is 19.7. The van der Waals surface area contributed by atoms with Crippen LogP contribution in [0.4, 0.5) is 0 Å². The van der Waals surface area contributed by atoms with E-state index in [9.17, 15) is 15.3 Å². The van der Waals surface area contributed by atoms with Crippen molar-refractivity contribution in [2.75, 3.05) is 0 Å². The van der Waals surface area contributed by atoms with E-state index >= 15 is 0 Å². The zero-order chi connectivity index (χ0) is 19.9. The van der Waals surface area contributed by atoms with Crippen molar-refractivity contribution < 1.29 is 46.6 Å². The maximum atomic E-state index is 9.38. The van der Waals surface area contributed by atoms with Crippen LogP contribution < -0.4 is 0 Å². The van der Waals surface area contributed by atoms with E-state index in [4.69, 9.17) is 5.11 Å². The van der Waals surface area contributed by atoms with Gasteiger partial charge >= 0.3 is 0 Å². The number of benzene rings is 3. The van der Waals surface area contributed by atoms with Gasteiger partial charge in [0.2, 0.25) is 0 Å². The third-order valence-corrected chi connectivity index (χ3v) is 5.16. The summed E-state index contributed by atoms with van der Waals surface area (Å²) in [5.74, 6) is 0.379. The molecule has 0 unspecified atom stereocenters. The summed E-state index contributed by atoms with van der Waals surface area (Å²) in [6.07, 6.45) is 6.33. The van der Waals surface area contributed by atoms with Crippen LogP contribution in [0.15, 0.2) is 66.7 Å². The second kappa shape index (κ2) is 11.1. The molecule has 0 spiro atoms. The quantitative estimate of drug-likeness (QED) is 0.352. The van der Waals surface area contributed by atoms with Crippen LogP contribution in [0.3, 0.4) is 0 Å². The van der Waals surface area contributed by atoms with Gasteiger partial charge in [-0.3, -0.25) is 0 Å². The molecule has 0 atom stereocenters. The SMILES string of the molecule is Oc1ccc(-c2ccccc2)cc1O.Oc1ccc(C2CCCCC2)cc1O.[Zr]. The Hall–Kier alpha value is -2.26. The van der Waals surface area contributed by atoms with Gasteiger partial charge in [-0.05, 0) is 59.7 Å². The Morgan fingerprint density at radius 3 is 1.72 bits per heavy atom. The largest absolute Gasteiger partial charge is 0.504 e. The molecule has 5 heteroatoms. The smallest absolute Gasteiger partial charge is 0.158 e. The normalized spacial score (nSPS) is 13.7. The number of phenolic OH excluding ortho intramolecular Hbond substituents is 4. The van der Waals surface area contributed by atoms with E-state index in [1.54, 1.807) is 24.3 Å². The van der Waals surface area contributed by atoms with E-state index in [1.165, 1.54) is 43.7 Å².